The van der Waals surface area contributed by atoms with Gasteiger partial charge in [-0.15, -0.1) is 0 Å². The molecular formula is C12H19NO2. The first kappa shape index (κ1) is 11.9. The van der Waals surface area contributed by atoms with Crippen LogP contribution in [0.4, 0.5) is 0 Å². The lowest BCUT2D eigenvalue weighted by Gasteiger charge is -2.12. The molecule has 0 aliphatic carbocycles. The minimum atomic E-state index is 0.734. The third-order valence-corrected chi connectivity index (χ3v) is 2.41. The van der Waals surface area contributed by atoms with Crippen molar-refractivity contribution in [2.45, 2.75) is 19.3 Å². The van der Waals surface area contributed by atoms with Gasteiger partial charge in [-0.2, -0.15) is 0 Å². The van der Waals surface area contributed by atoms with Crippen LogP contribution >= 0.6 is 0 Å². The third-order valence-electron chi connectivity index (χ3n) is 2.41. The van der Waals surface area contributed by atoms with E-state index >= 15 is 0 Å². The first-order valence-electron chi connectivity index (χ1n) is 5.23. The predicted octanol–water partition coefficient (Wildman–Crippen LogP) is 1.99. The van der Waals surface area contributed by atoms with Crippen LogP contribution in [0.5, 0.6) is 11.5 Å². The number of rotatable bonds is 6. The fraction of sp³-hybridized carbons (Fsp3) is 0.500. The number of hydrogen-bond acceptors (Lipinski definition) is 3. The van der Waals surface area contributed by atoms with E-state index in [9.17, 15) is 0 Å². The first-order valence-corrected chi connectivity index (χ1v) is 5.23. The number of hydrogen-bond donors (Lipinski definition) is 1. The topological polar surface area (TPSA) is 44.5 Å². The molecule has 0 unspecified atom stereocenters. The van der Waals surface area contributed by atoms with Crippen LogP contribution in [0.15, 0.2) is 18.2 Å². The van der Waals surface area contributed by atoms with Crippen molar-refractivity contribution in [1.82, 2.24) is 0 Å². The summed E-state index contributed by atoms with van der Waals surface area (Å²) in [6, 6.07) is 5.85. The van der Waals surface area contributed by atoms with Gasteiger partial charge in [0, 0.05) is 5.56 Å². The van der Waals surface area contributed by atoms with Gasteiger partial charge in [0.05, 0.1) is 14.2 Å². The molecule has 0 saturated heterocycles. The van der Waals surface area contributed by atoms with Crippen molar-refractivity contribution in [2.24, 2.45) is 5.73 Å². The number of ether oxygens (including phenoxy) is 2. The van der Waals surface area contributed by atoms with Gasteiger partial charge in [-0.05, 0) is 37.9 Å². The lowest BCUT2D eigenvalue weighted by molar-refractivity contribution is 0.384. The molecule has 0 fully saturated rings. The molecule has 0 aromatic heterocycles. The fourth-order valence-electron chi connectivity index (χ4n) is 1.62. The third kappa shape index (κ3) is 3.13. The summed E-state index contributed by atoms with van der Waals surface area (Å²) in [6.45, 7) is 0.734. The Bertz CT molecular complexity index is 277. The Morgan fingerprint density at radius 2 is 1.67 bits per heavy atom. The minimum Gasteiger partial charge on any atom is -0.496 e. The van der Waals surface area contributed by atoms with E-state index in [1.807, 2.05) is 18.2 Å². The maximum Gasteiger partial charge on any atom is 0.125 e. The molecule has 0 radical (unpaired) electrons. The lowest BCUT2D eigenvalue weighted by Crippen LogP contribution is -2.01. The van der Waals surface area contributed by atoms with Gasteiger partial charge in [0.25, 0.3) is 0 Å². The van der Waals surface area contributed by atoms with Crippen molar-refractivity contribution in [3.8, 4) is 11.5 Å². The highest BCUT2D eigenvalue weighted by Gasteiger charge is 2.08. The summed E-state index contributed by atoms with van der Waals surface area (Å²) < 4.78 is 10.6. The van der Waals surface area contributed by atoms with Crippen LogP contribution in [-0.2, 0) is 6.42 Å². The second-order valence-corrected chi connectivity index (χ2v) is 3.39. The van der Waals surface area contributed by atoms with Gasteiger partial charge in [-0.1, -0.05) is 6.07 Å². The zero-order valence-corrected chi connectivity index (χ0v) is 9.45. The Labute approximate surface area is 91.2 Å². The van der Waals surface area contributed by atoms with Gasteiger partial charge >= 0.3 is 0 Å². The van der Waals surface area contributed by atoms with Crippen LogP contribution < -0.4 is 15.2 Å². The normalized spacial score (nSPS) is 10.1. The molecule has 0 spiro atoms. The molecule has 0 saturated carbocycles. The molecule has 3 heteroatoms. The molecule has 2 N–H and O–H groups in total. The average molecular weight is 209 g/mol. The smallest absolute Gasteiger partial charge is 0.125 e. The molecular weight excluding hydrogens is 190 g/mol. The van der Waals surface area contributed by atoms with E-state index in [4.69, 9.17) is 15.2 Å². The molecule has 0 amide bonds. The fourth-order valence-corrected chi connectivity index (χ4v) is 1.62. The summed E-state index contributed by atoms with van der Waals surface area (Å²) in [6.07, 6.45) is 3.04. The van der Waals surface area contributed by atoms with Crippen LogP contribution in [-0.4, -0.2) is 20.8 Å². The highest BCUT2D eigenvalue weighted by molar-refractivity contribution is 5.44. The van der Waals surface area contributed by atoms with E-state index < -0.39 is 0 Å². The summed E-state index contributed by atoms with van der Waals surface area (Å²) in [5.74, 6) is 1.79. The molecule has 0 aliphatic rings. The molecule has 15 heavy (non-hydrogen) atoms. The van der Waals surface area contributed by atoms with E-state index in [1.165, 1.54) is 0 Å². The summed E-state index contributed by atoms with van der Waals surface area (Å²) in [5, 5.41) is 0. The van der Waals surface area contributed by atoms with Gasteiger partial charge in [0.2, 0.25) is 0 Å². The van der Waals surface area contributed by atoms with Crippen molar-refractivity contribution in [3.63, 3.8) is 0 Å². The Morgan fingerprint density at radius 1 is 1.07 bits per heavy atom. The molecule has 3 nitrogen and oxygen atoms in total. The molecule has 1 aromatic rings. The SMILES string of the molecule is COc1cccc(OC)c1CCCCN. The van der Waals surface area contributed by atoms with E-state index in [-0.39, 0.29) is 0 Å². The second kappa shape index (κ2) is 6.30. The molecule has 1 rings (SSSR count). The van der Waals surface area contributed by atoms with Gasteiger partial charge in [0.1, 0.15) is 11.5 Å². The van der Waals surface area contributed by atoms with Crippen molar-refractivity contribution in [3.05, 3.63) is 23.8 Å². The highest BCUT2D eigenvalue weighted by atomic mass is 16.5. The summed E-state index contributed by atoms with van der Waals surface area (Å²) in [7, 11) is 3.36. The summed E-state index contributed by atoms with van der Waals surface area (Å²) in [4.78, 5) is 0. The molecule has 84 valence electrons. The number of methoxy groups -OCH3 is 2. The Balaban J connectivity index is 2.80. The number of unbranched alkanes of at least 4 members (excludes halogenated alkanes) is 1. The average Bonchev–Trinajstić information content (AvgIpc) is 2.29. The largest absolute Gasteiger partial charge is 0.496 e. The second-order valence-electron chi connectivity index (χ2n) is 3.39. The molecule has 0 heterocycles. The number of benzene rings is 1. The Hall–Kier alpha value is -1.22. The lowest BCUT2D eigenvalue weighted by atomic mass is 10.1. The van der Waals surface area contributed by atoms with Gasteiger partial charge < -0.3 is 15.2 Å². The van der Waals surface area contributed by atoms with Gasteiger partial charge in [-0.3, -0.25) is 0 Å². The van der Waals surface area contributed by atoms with E-state index in [1.54, 1.807) is 14.2 Å². The van der Waals surface area contributed by atoms with Crippen LogP contribution in [0.2, 0.25) is 0 Å². The van der Waals surface area contributed by atoms with E-state index in [0.717, 1.165) is 42.9 Å². The van der Waals surface area contributed by atoms with Crippen molar-refractivity contribution in [1.29, 1.82) is 0 Å². The Morgan fingerprint density at radius 3 is 2.13 bits per heavy atom. The molecule has 0 bridgehead atoms. The highest BCUT2D eigenvalue weighted by Crippen LogP contribution is 2.29. The zero-order valence-electron chi connectivity index (χ0n) is 9.45. The van der Waals surface area contributed by atoms with Gasteiger partial charge in [-0.25, -0.2) is 0 Å². The molecule has 1 aromatic carbocycles. The van der Waals surface area contributed by atoms with E-state index in [0.29, 0.717) is 0 Å². The van der Waals surface area contributed by atoms with Crippen LogP contribution in [0.3, 0.4) is 0 Å². The quantitative estimate of drug-likeness (QED) is 0.729. The zero-order chi connectivity index (χ0) is 11.1. The summed E-state index contributed by atoms with van der Waals surface area (Å²) in [5.41, 5.74) is 6.61. The summed E-state index contributed by atoms with van der Waals surface area (Å²) >= 11 is 0. The van der Waals surface area contributed by atoms with E-state index in [2.05, 4.69) is 0 Å². The van der Waals surface area contributed by atoms with Crippen LogP contribution in [0, 0.1) is 0 Å². The first-order chi connectivity index (χ1) is 7.33. The van der Waals surface area contributed by atoms with Crippen molar-refractivity contribution < 1.29 is 9.47 Å². The minimum absolute atomic E-state index is 0.734. The van der Waals surface area contributed by atoms with Gasteiger partial charge in [0.15, 0.2) is 0 Å². The predicted molar refractivity (Wildman–Crippen MR) is 61.5 cm³/mol. The Kier molecular flexibility index (Phi) is 4.98. The van der Waals surface area contributed by atoms with Crippen molar-refractivity contribution >= 4 is 0 Å². The van der Waals surface area contributed by atoms with Crippen LogP contribution in [0.1, 0.15) is 18.4 Å². The standard InChI is InChI=1S/C12H19NO2/c1-14-11-7-5-8-12(15-2)10(11)6-3-4-9-13/h5,7-8H,3-4,6,9,13H2,1-2H3. The number of nitrogens with two attached hydrogens (primary N) is 1. The maximum atomic E-state index is 5.47. The van der Waals surface area contributed by atoms with Crippen LogP contribution in [0.25, 0.3) is 0 Å². The molecule has 0 aliphatic heterocycles. The molecule has 0 atom stereocenters. The van der Waals surface area contributed by atoms with Crippen molar-refractivity contribution in [2.75, 3.05) is 20.8 Å². The monoisotopic (exact) mass is 209 g/mol. The maximum absolute atomic E-state index is 5.47.